The summed E-state index contributed by atoms with van der Waals surface area (Å²) < 4.78 is 5.13. The molecule has 0 fully saturated rings. The number of ether oxygens (including phenoxy) is 1. The van der Waals surface area contributed by atoms with Gasteiger partial charge in [-0.1, -0.05) is 44.2 Å². The molecule has 4 nitrogen and oxygen atoms in total. The fourth-order valence-corrected chi connectivity index (χ4v) is 2.13. The number of carbonyl (C=O) groups excluding carboxylic acids is 1. The second-order valence-electron chi connectivity index (χ2n) is 4.58. The van der Waals surface area contributed by atoms with Crippen LogP contribution in [0.15, 0.2) is 30.3 Å². The first kappa shape index (κ1) is 15.2. The van der Waals surface area contributed by atoms with Crippen LogP contribution in [0.4, 0.5) is 0 Å². The Morgan fingerprint density at radius 2 is 1.74 bits per heavy atom. The van der Waals surface area contributed by atoms with Crippen molar-refractivity contribution in [3.8, 4) is 0 Å². The first-order valence-corrected chi connectivity index (χ1v) is 6.47. The topological polar surface area (TPSA) is 63.6 Å². The van der Waals surface area contributed by atoms with Gasteiger partial charge in [-0.15, -0.1) is 0 Å². The third-order valence-electron chi connectivity index (χ3n) is 3.54. The standard InChI is InChI=1S/C15H20O4/c1-3-15(4-2,12-8-6-5-7-9-12)11-19-14(18)10-13(16)17/h5-9H,3-4,10-11H2,1-2H3,(H,16,17). The molecular weight excluding hydrogens is 244 g/mol. The van der Waals surface area contributed by atoms with Crippen LogP contribution < -0.4 is 0 Å². The van der Waals surface area contributed by atoms with Gasteiger partial charge in [-0.25, -0.2) is 0 Å². The van der Waals surface area contributed by atoms with Crippen molar-refractivity contribution >= 4 is 11.9 Å². The van der Waals surface area contributed by atoms with Crippen LogP contribution in [0.25, 0.3) is 0 Å². The van der Waals surface area contributed by atoms with Crippen molar-refractivity contribution in [2.45, 2.75) is 38.5 Å². The van der Waals surface area contributed by atoms with Gasteiger partial charge < -0.3 is 9.84 Å². The average Bonchev–Trinajstić information content (AvgIpc) is 2.41. The number of aliphatic carboxylic acids is 1. The highest BCUT2D eigenvalue weighted by Gasteiger charge is 2.30. The van der Waals surface area contributed by atoms with Gasteiger partial charge in [-0.3, -0.25) is 9.59 Å². The highest BCUT2D eigenvalue weighted by atomic mass is 16.5. The van der Waals surface area contributed by atoms with E-state index in [1.54, 1.807) is 0 Å². The number of benzene rings is 1. The molecule has 1 aromatic carbocycles. The summed E-state index contributed by atoms with van der Waals surface area (Å²) in [5.41, 5.74) is 0.873. The van der Waals surface area contributed by atoms with E-state index < -0.39 is 18.4 Å². The number of hydrogen-bond donors (Lipinski definition) is 1. The largest absolute Gasteiger partial charge is 0.481 e. The Morgan fingerprint density at radius 1 is 1.16 bits per heavy atom. The van der Waals surface area contributed by atoms with Crippen molar-refractivity contribution in [1.29, 1.82) is 0 Å². The summed E-state index contributed by atoms with van der Waals surface area (Å²) in [6, 6.07) is 9.87. The maximum Gasteiger partial charge on any atom is 0.317 e. The summed E-state index contributed by atoms with van der Waals surface area (Å²) in [5.74, 6) is -1.85. The SMILES string of the molecule is CCC(CC)(COC(=O)CC(=O)O)c1ccccc1. The zero-order valence-corrected chi connectivity index (χ0v) is 11.4. The van der Waals surface area contributed by atoms with Crippen LogP contribution in [0.2, 0.25) is 0 Å². The molecule has 1 N–H and O–H groups in total. The van der Waals surface area contributed by atoms with E-state index in [2.05, 4.69) is 0 Å². The Kier molecular flexibility index (Phi) is 5.55. The predicted molar refractivity (Wildman–Crippen MR) is 71.9 cm³/mol. The zero-order chi connectivity index (χ0) is 14.3. The predicted octanol–water partition coefficient (Wildman–Crippen LogP) is 2.76. The van der Waals surface area contributed by atoms with Crippen molar-refractivity contribution in [3.05, 3.63) is 35.9 Å². The highest BCUT2D eigenvalue weighted by Crippen LogP contribution is 2.32. The third-order valence-corrected chi connectivity index (χ3v) is 3.54. The Bertz CT molecular complexity index is 421. The van der Waals surface area contributed by atoms with E-state index in [0.717, 1.165) is 18.4 Å². The van der Waals surface area contributed by atoms with Crippen LogP contribution in [0.5, 0.6) is 0 Å². The monoisotopic (exact) mass is 264 g/mol. The molecule has 0 heterocycles. The van der Waals surface area contributed by atoms with Gasteiger partial charge in [-0.05, 0) is 18.4 Å². The second kappa shape index (κ2) is 6.92. The van der Waals surface area contributed by atoms with Gasteiger partial charge in [0.1, 0.15) is 13.0 Å². The lowest BCUT2D eigenvalue weighted by Crippen LogP contribution is -2.32. The van der Waals surface area contributed by atoms with Crippen LogP contribution in [-0.4, -0.2) is 23.7 Å². The summed E-state index contributed by atoms with van der Waals surface area (Å²) in [5, 5.41) is 8.54. The van der Waals surface area contributed by atoms with Crippen LogP contribution in [-0.2, 0) is 19.7 Å². The molecule has 1 aromatic rings. The average molecular weight is 264 g/mol. The molecule has 0 bridgehead atoms. The van der Waals surface area contributed by atoms with E-state index >= 15 is 0 Å². The smallest absolute Gasteiger partial charge is 0.317 e. The molecular formula is C15H20O4. The van der Waals surface area contributed by atoms with Crippen molar-refractivity contribution in [1.82, 2.24) is 0 Å². The minimum absolute atomic E-state index is 0.218. The lowest BCUT2D eigenvalue weighted by Gasteiger charge is -2.31. The third kappa shape index (κ3) is 4.09. The van der Waals surface area contributed by atoms with Crippen LogP contribution in [0.1, 0.15) is 38.7 Å². The molecule has 0 atom stereocenters. The van der Waals surface area contributed by atoms with Gasteiger partial charge in [0.15, 0.2) is 0 Å². The van der Waals surface area contributed by atoms with E-state index in [1.807, 2.05) is 44.2 Å². The first-order valence-electron chi connectivity index (χ1n) is 6.47. The zero-order valence-electron chi connectivity index (χ0n) is 11.4. The number of carboxylic acids is 1. The lowest BCUT2D eigenvalue weighted by atomic mass is 9.76. The van der Waals surface area contributed by atoms with E-state index in [-0.39, 0.29) is 12.0 Å². The fourth-order valence-electron chi connectivity index (χ4n) is 2.13. The normalized spacial score (nSPS) is 11.1. The van der Waals surface area contributed by atoms with E-state index in [4.69, 9.17) is 9.84 Å². The van der Waals surface area contributed by atoms with E-state index in [9.17, 15) is 9.59 Å². The summed E-state index contributed by atoms with van der Waals surface area (Å²) in [6.07, 6.45) is 1.07. The van der Waals surface area contributed by atoms with Crippen molar-refractivity contribution in [3.63, 3.8) is 0 Å². The molecule has 0 aliphatic rings. The van der Waals surface area contributed by atoms with Crippen LogP contribution in [0.3, 0.4) is 0 Å². The molecule has 0 saturated carbocycles. The number of carboxylic acid groups (broad SMARTS) is 1. The summed E-state index contributed by atoms with van der Waals surface area (Å²) >= 11 is 0. The van der Waals surface area contributed by atoms with E-state index in [0.29, 0.717) is 0 Å². The van der Waals surface area contributed by atoms with Crippen molar-refractivity contribution in [2.24, 2.45) is 0 Å². The summed E-state index contributed by atoms with van der Waals surface area (Å²) in [4.78, 5) is 21.8. The fraction of sp³-hybridized carbons (Fsp3) is 0.467. The van der Waals surface area contributed by atoms with E-state index in [1.165, 1.54) is 0 Å². The number of esters is 1. The Morgan fingerprint density at radius 3 is 2.21 bits per heavy atom. The minimum atomic E-state index is -1.16. The second-order valence-corrected chi connectivity index (χ2v) is 4.58. The molecule has 0 unspecified atom stereocenters. The molecule has 104 valence electrons. The quantitative estimate of drug-likeness (QED) is 0.607. The number of rotatable bonds is 7. The van der Waals surface area contributed by atoms with Gasteiger partial charge in [0, 0.05) is 5.41 Å². The van der Waals surface area contributed by atoms with Gasteiger partial charge in [0.05, 0.1) is 0 Å². The lowest BCUT2D eigenvalue weighted by molar-refractivity contribution is -0.152. The Balaban J connectivity index is 2.78. The van der Waals surface area contributed by atoms with Gasteiger partial charge in [0.25, 0.3) is 0 Å². The van der Waals surface area contributed by atoms with Crippen LogP contribution >= 0.6 is 0 Å². The molecule has 0 amide bonds. The molecule has 19 heavy (non-hydrogen) atoms. The summed E-state index contributed by atoms with van der Waals surface area (Å²) in [6.45, 7) is 4.30. The molecule has 0 spiro atoms. The van der Waals surface area contributed by atoms with Gasteiger partial charge in [0.2, 0.25) is 0 Å². The van der Waals surface area contributed by atoms with Crippen LogP contribution in [0, 0.1) is 0 Å². The molecule has 0 aliphatic heterocycles. The van der Waals surface area contributed by atoms with Crippen molar-refractivity contribution in [2.75, 3.05) is 6.61 Å². The van der Waals surface area contributed by atoms with Gasteiger partial charge >= 0.3 is 11.9 Å². The molecule has 1 rings (SSSR count). The summed E-state index contributed by atoms with van der Waals surface area (Å²) in [7, 11) is 0. The Labute approximate surface area is 113 Å². The Hall–Kier alpha value is -1.84. The highest BCUT2D eigenvalue weighted by molar-refractivity contribution is 5.90. The van der Waals surface area contributed by atoms with Gasteiger partial charge in [-0.2, -0.15) is 0 Å². The minimum Gasteiger partial charge on any atom is -0.481 e. The first-order chi connectivity index (χ1) is 9.04. The molecule has 0 radical (unpaired) electrons. The number of hydrogen-bond acceptors (Lipinski definition) is 3. The van der Waals surface area contributed by atoms with Crippen molar-refractivity contribution < 1.29 is 19.4 Å². The molecule has 0 saturated heterocycles. The molecule has 4 heteroatoms. The molecule has 0 aliphatic carbocycles. The number of carbonyl (C=O) groups is 2. The molecule has 0 aromatic heterocycles. The maximum atomic E-state index is 11.4. The maximum absolute atomic E-state index is 11.4.